The molecule has 1 aromatic carbocycles. The maximum absolute atomic E-state index is 11.9. The van der Waals surface area contributed by atoms with Gasteiger partial charge in [0.05, 0.1) is 13.7 Å². The number of hydrogen-bond donors (Lipinski definition) is 3. The second-order valence-electron chi connectivity index (χ2n) is 5.02. The first-order valence-corrected chi connectivity index (χ1v) is 7.39. The Bertz CT molecular complexity index is 618. The predicted octanol–water partition coefficient (Wildman–Crippen LogP) is -1.12. The summed E-state index contributed by atoms with van der Waals surface area (Å²) in [5.41, 5.74) is 0.687. The van der Waals surface area contributed by atoms with E-state index in [1.165, 1.54) is 6.92 Å². The highest BCUT2D eigenvalue weighted by Gasteiger charge is 2.27. The lowest BCUT2D eigenvalue weighted by Crippen LogP contribution is -2.53. The van der Waals surface area contributed by atoms with E-state index in [1.807, 2.05) is 5.32 Å². The zero-order valence-corrected chi connectivity index (χ0v) is 13.9. The predicted molar refractivity (Wildman–Crippen MR) is 84.9 cm³/mol. The minimum Gasteiger partial charge on any atom is -0.467 e. The summed E-state index contributed by atoms with van der Waals surface area (Å²) < 4.78 is 9.26. The normalized spacial score (nSPS) is 12.4. The Morgan fingerprint density at radius 2 is 1.76 bits per heavy atom. The fourth-order valence-corrected chi connectivity index (χ4v) is 1.75. The van der Waals surface area contributed by atoms with E-state index in [9.17, 15) is 24.3 Å². The number of rotatable bonds is 7. The second kappa shape index (κ2) is 10.0. The van der Waals surface area contributed by atoms with Gasteiger partial charge in [-0.1, -0.05) is 30.3 Å². The van der Waals surface area contributed by atoms with Gasteiger partial charge in [-0.25, -0.2) is 9.59 Å². The molecule has 0 fully saturated rings. The summed E-state index contributed by atoms with van der Waals surface area (Å²) in [7, 11) is 1.15. The number of carbonyl (C=O) groups is 4. The van der Waals surface area contributed by atoms with E-state index < -0.39 is 42.4 Å². The number of nitrogens with one attached hydrogen (secondary N) is 2. The molecule has 136 valence electrons. The van der Waals surface area contributed by atoms with Crippen molar-refractivity contribution in [2.24, 2.45) is 0 Å². The van der Waals surface area contributed by atoms with Crippen molar-refractivity contribution in [3.8, 4) is 0 Å². The van der Waals surface area contributed by atoms with Crippen LogP contribution in [0.2, 0.25) is 0 Å². The second-order valence-corrected chi connectivity index (χ2v) is 5.02. The van der Waals surface area contributed by atoms with Crippen LogP contribution in [0.5, 0.6) is 0 Å². The summed E-state index contributed by atoms with van der Waals surface area (Å²) >= 11 is 0. The Morgan fingerprint density at radius 3 is 2.32 bits per heavy atom. The molecule has 0 saturated heterocycles. The molecule has 0 bridgehead atoms. The Labute approximate surface area is 144 Å². The number of methoxy groups -OCH3 is 1. The van der Waals surface area contributed by atoms with Crippen LogP contribution in [-0.2, 0) is 35.3 Å². The minimum atomic E-state index is -1.41. The third-order valence-electron chi connectivity index (χ3n) is 3.12. The average molecular weight is 352 g/mol. The van der Waals surface area contributed by atoms with Crippen LogP contribution in [-0.4, -0.2) is 54.7 Å². The van der Waals surface area contributed by atoms with Crippen molar-refractivity contribution >= 4 is 23.8 Å². The topological polar surface area (TPSA) is 131 Å². The standard InChI is InChI=1S/C16H20N2O7/c1-10(15(22)24-2)17-13(20)12(8-19)18-14(21)16(23)25-9-11-6-4-3-5-7-11/h3-7,10,12,19H,8-9H2,1-2H3,(H,17,20)(H,18,21). The smallest absolute Gasteiger partial charge is 0.397 e. The average Bonchev–Trinajstić information content (AvgIpc) is 2.63. The molecule has 0 aliphatic rings. The highest BCUT2D eigenvalue weighted by Crippen LogP contribution is 2.00. The van der Waals surface area contributed by atoms with Gasteiger partial charge in [0.25, 0.3) is 0 Å². The van der Waals surface area contributed by atoms with Crippen molar-refractivity contribution in [2.75, 3.05) is 13.7 Å². The van der Waals surface area contributed by atoms with Crippen LogP contribution in [0.1, 0.15) is 12.5 Å². The zero-order chi connectivity index (χ0) is 18.8. The van der Waals surface area contributed by atoms with E-state index in [-0.39, 0.29) is 6.61 Å². The fraction of sp³-hybridized carbons (Fsp3) is 0.375. The molecule has 3 N–H and O–H groups in total. The van der Waals surface area contributed by atoms with Crippen molar-refractivity contribution < 1.29 is 33.8 Å². The molecule has 1 aromatic rings. The van der Waals surface area contributed by atoms with Gasteiger partial charge in [-0.05, 0) is 12.5 Å². The number of carbonyl (C=O) groups excluding carboxylic acids is 4. The van der Waals surface area contributed by atoms with Gasteiger partial charge in [-0.3, -0.25) is 9.59 Å². The molecule has 2 atom stereocenters. The highest BCUT2D eigenvalue weighted by atomic mass is 16.5. The molecule has 0 spiro atoms. The van der Waals surface area contributed by atoms with Gasteiger partial charge in [-0.2, -0.15) is 0 Å². The Hall–Kier alpha value is -2.94. The maximum Gasteiger partial charge on any atom is 0.397 e. The summed E-state index contributed by atoms with van der Waals surface area (Å²) in [4.78, 5) is 46.5. The molecule has 0 heterocycles. The maximum atomic E-state index is 11.9. The summed E-state index contributed by atoms with van der Waals surface area (Å²) in [6, 6.07) is 6.32. The molecule has 0 aromatic heterocycles. The third-order valence-corrected chi connectivity index (χ3v) is 3.12. The van der Waals surface area contributed by atoms with Gasteiger partial charge in [-0.15, -0.1) is 0 Å². The molecule has 0 aliphatic heterocycles. The number of hydrogen-bond acceptors (Lipinski definition) is 7. The lowest BCUT2D eigenvalue weighted by Gasteiger charge is -2.18. The first-order valence-electron chi connectivity index (χ1n) is 7.39. The van der Waals surface area contributed by atoms with Gasteiger partial charge in [0.15, 0.2) is 0 Å². The molecule has 9 nitrogen and oxygen atoms in total. The van der Waals surface area contributed by atoms with Crippen LogP contribution in [0, 0.1) is 0 Å². The Kier molecular flexibility index (Phi) is 8.07. The van der Waals surface area contributed by atoms with E-state index >= 15 is 0 Å². The zero-order valence-electron chi connectivity index (χ0n) is 13.9. The summed E-state index contributed by atoms with van der Waals surface area (Å²) in [6.07, 6.45) is 0. The van der Waals surface area contributed by atoms with Crippen LogP contribution < -0.4 is 10.6 Å². The quantitative estimate of drug-likeness (QED) is 0.419. The number of aliphatic hydroxyl groups is 1. The molecule has 2 amide bonds. The number of esters is 2. The van der Waals surface area contributed by atoms with Crippen LogP contribution >= 0.6 is 0 Å². The van der Waals surface area contributed by atoms with Crippen molar-refractivity contribution in [3.63, 3.8) is 0 Å². The molecule has 0 saturated carbocycles. The Morgan fingerprint density at radius 1 is 1.12 bits per heavy atom. The van der Waals surface area contributed by atoms with E-state index in [2.05, 4.69) is 10.1 Å². The summed E-state index contributed by atoms with van der Waals surface area (Å²) in [5.74, 6) is -3.92. The monoisotopic (exact) mass is 352 g/mol. The molecular formula is C16H20N2O7. The number of ether oxygens (including phenoxy) is 2. The lowest BCUT2D eigenvalue weighted by molar-refractivity contribution is -0.156. The largest absolute Gasteiger partial charge is 0.467 e. The minimum absolute atomic E-state index is 0.109. The molecule has 0 radical (unpaired) electrons. The summed E-state index contributed by atoms with van der Waals surface area (Å²) in [5, 5.41) is 13.5. The van der Waals surface area contributed by atoms with Crippen LogP contribution in [0.3, 0.4) is 0 Å². The van der Waals surface area contributed by atoms with Gasteiger partial charge in [0.1, 0.15) is 18.7 Å². The molecule has 9 heteroatoms. The van der Waals surface area contributed by atoms with Crippen LogP contribution in [0.4, 0.5) is 0 Å². The van der Waals surface area contributed by atoms with Crippen molar-refractivity contribution in [2.45, 2.75) is 25.6 Å². The molecule has 2 unspecified atom stereocenters. The van der Waals surface area contributed by atoms with Gasteiger partial charge in [0, 0.05) is 0 Å². The lowest BCUT2D eigenvalue weighted by atomic mass is 10.2. The molecule has 0 aliphatic carbocycles. The van der Waals surface area contributed by atoms with E-state index in [4.69, 9.17) is 4.74 Å². The number of amides is 2. The van der Waals surface area contributed by atoms with Crippen LogP contribution in [0.15, 0.2) is 30.3 Å². The first-order chi connectivity index (χ1) is 11.9. The molecule has 1 rings (SSSR count). The number of aliphatic hydroxyl groups excluding tert-OH is 1. The van der Waals surface area contributed by atoms with E-state index in [0.717, 1.165) is 7.11 Å². The third kappa shape index (κ3) is 6.60. The highest BCUT2D eigenvalue weighted by molar-refractivity contribution is 6.32. The SMILES string of the molecule is COC(=O)C(C)NC(=O)C(CO)NC(=O)C(=O)OCc1ccccc1. The summed E-state index contributed by atoms with van der Waals surface area (Å²) in [6.45, 7) is 0.494. The van der Waals surface area contributed by atoms with Crippen molar-refractivity contribution in [3.05, 3.63) is 35.9 Å². The van der Waals surface area contributed by atoms with Crippen molar-refractivity contribution in [1.29, 1.82) is 0 Å². The van der Waals surface area contributed by atoms with Crippen LogP contribution in [0.25, 0.3) is 0 Å². The van der Waals surface area contributed by atoms with Gasteiger partial charge >= 0.3 is 17.8 Å². The fourth-order valence-electron chi connectivity index (χ4n) is 1.75. The van der Waals surface area contributed by atoms with Gasteiger partial charge < -0.3 is 25.2 Å². The van der Waals surface area contributed by atoms with E-state index in [0.29, 0.717) is 5.56 Å². The Balaban J connectivity index is 2.52. The van der Waals surface area contributed by atoms with Gasteiger partial charge in [0.2, 0.25) is 5.91 Å². The first kappa shape index (κ1) is 20.1. The van der Waals surface area contributed by atoms with E-state index in [1.54, 1.807) is 30.3 Å². The number of benzene rings is 1. The molecule has 25 heavy (non-hydrogen) atoms. The van der Waals surface area contributed by atoms with Crippen molar-refractivity contribution in [1.82, 2.24) is 10.6 Å². The molecular weight excluding hydrogens is 332 g/mol.